The monoisotopic (exact) mass is 886 g/mol. The maximum absolute atomic E-state index is 15.6. The highest BCUT2D eigenvalue weighted by Gasteiger charge is 2.99. The summed E-state index contributed by atoms with van der Waals surface area (Å²) < 4.78 is 31.8. The Balaban J connectivity index is 1.24. The molecule has 14 nitrogen and oxygen atoms in total. The molecule has 0 radical (unpaired) electrons. The fourth-order valence-corrected chi connectivity index (χ4v) is 15.3. The Hall–Kier alpha value is -3.70. The highest BCUT2D eigenvalue weighted by Crippen LogP contribution is 2.82. The predicted molar refractivity (Wildman–Crippen MR) is 235 cm³/mol. The average Bonchev–Trinajstić information content (AvgIpc) is 3.53. The van der Waals surface area contributed by atoms with E-state index in [0.717, 1.165) is 38.3 Å². The summed E-state index contributed by atoms with van der Waals surface area (Å²) >= 11 is 1.59. The fourth-order valence-electron chi connectivity index (χ4n) is 14.6. The summed E-state index contributed by atoms with van der Waals surface area (Å²) in [4.78, 5) is 55.1. The number of aromatic amines is 1. The van der Waals surface area contributed by atoms with Gasteiger partial charge in [0.1, 0.15) is 5.41 Å². The van der Waals surface area contributed by atoms with E-state index in [9.17, 15) is 19.8 Å². The van der Waals surface area contributed by atoms with Gasteiger partial charge in [0, 0.05) is 97.6 Å². The van der Waals surface area contributed by atoms with Crippen LogP contribution in [0.3, 0.4) is 0 Å². The van der Waals surface area contributed by atoms with Crippen molar-refractivity contribution < 1.29 is 48.3 Å². The SMILES string of the molecule is CC[C@]1(O)C[C@H]2CN(CCc3c([nH]c4ccc(SCCO)cc34)[C@@](C(=O)OC)(C3C=C4C(=CC3OC)N(C)[C@@]35O[C@]3(C(=O)OC)[C@H](OC(C)=O)[C@]3(CC)C=CCN6CC[C@]45[C@@H]63)C2)C1. The number of aliphatic hydroxyl groups is 2. The molecule has 15 heteroatoms. The molecule has 63 heavy (non-hydrogen) atoms. The summed E-state index contributed by atoms with van der Waals surface area (Å²) in [5, 5.41) is 22.8. The normalized spacial score (nSPS) is 40.8. The summed E-state index contributed by atoms with van der Waals surface area (Å²) in [5.41, 5.74) is -2.30. The van der Waals surface area contributed by atoms with Gasteiger partial charge in [0.15, 0.2) is 11.8 Å². The lowest BCUT2D eigenvalue weighted by molar-refractivity contribution is -0.182. The molecule has 10 rings (SSSR count). The van der Waals surface area contributed by atoms with Crippen LogP contribution in [0.25, 0.3) is 10.9 Å². The zero-order valence-electron chi connectivity index (χ0n) is 37.5. The van der Waals surface area contributed by atoms with Gasteiger partial charge in [-0.2, -0.15) is 0 Å². The molecular formula is C48H62N4O10S. The van der Waals surface area contributed by atoms with E-state index in [1.807, 2.05) is 14.0 Å². The number of H-pyrrole nitrogens is 1. The summed E-state index contributed by atoms with van der Waals surface area (Å²) in [6.07, 6.45) is 10.4. The fraction of sp³-hybridized carbons (Fsp3) is 0.646. The number of allylic oxidation sites excluding steroid dienone is 1. The number of hydrogen-bond acceptors (Lipinski definition) is 14. The molecular weight excluding hydrogens is 825 g/mol. The third-order valence-electron chi connectivity index (χ3n) is 16.9. The molecule has 2 spiro atoms. The van der Waals surface area contributed by atoms with Crippen LogP contribution in [0, 0.1) is 22.7 Å². The van der Waals surface area contributed by atoms with Gasteiger partial charge < -0.3 is 43.8 Å². The van der Waals surface area contributed by atoms with Crippen LogP contribution in [0.5, 0.6) is 0 Å². The number of thioether (sulfide) groups is 1. The van der Waals surface area contributed by atoms with E-state index < -0.39 is 63.2 Å². The van der Waals surface area contributed by atoms with Gasteiger partial charge in [-0.15, -0.1) is 11.8 Å². The lowest BCUT2D eigenvalue weighted by Crippen LogP contribution is -2.73. The van der Waals surface area contributed by atoms with Crippen molar-refractivity contribution in [2.75, 3.05) is 73.5 Å². The number of epoxide rings is 1. The van der Waals surface area contributed by atoms with Crippen molar-refractivity contribution in [1.29, 1.82) is 0 Å². The molecule has 12 atom stereocenters. The lowest BCUT2D eigenvalue weighted by Gasteiger charge is -2.58. The standard InChI is InChI=1S/C48H62N4O10S/c1-8-43(57)24-29-25-45(41(55)59-6,38-31(13-17-51(26-29)27-43)32-21-30(63-20-19-53)11-12-35(32)49-38)34-22-33-36(23-37(34)58-5)50(4)48-46(33)15-18-52-16-10-14-44(9-2,39(46)52)40(61-28(3)54)47(48,62-48)42(56)60-7/h10-12,14,21-23,29,34,37,39-40,49,53,57H,8-9,13,15-20,24-27H2,1-7H3/t29-,34?,37?,39+,40-,43+,44-,45+,46-,47+,48+/m1/s1. The Morgan fingerprint density at radius 3 is 2.54 bits per heavy atom. The number of fused-ring (bicyclic) bond motifs is 6. The number of methoxy groups -OCH3 is 3. The van der Waals surface area contributed by atoms with Crippen LogP contribution < -0.4 is 0 Å². The van der Waals surface area contributed by atoms with Crippen molar-refractivity contribution in [3.8, 4) is 0 Å². The molecule has 6 aliphatic heterocycles. The Bertz CT molecular complexity index is 2350. The Labute approximate surface area is 373 Å². The average molecular weight is 887 g/mol. The molecule has 1 aromatic heterocycles. The Morgan fingerprint density at radius 2 is 1.84 bits per heavy atom. The summed E-state index contributed by atoms with van der Waals surface area (Å²) in [6, 6.07) is 6.05. The smallest absolute Gasteiger partial charge is 0.347 e. The van der Waals surface area contributed by atoms with E-state index in [1.165, 1.54) is 21.1 Å². The van der Waals surface area contributed by atoms with Crippen LogP contribution in [0.1, 0.15) is 64.1 Å². The number of carbonyl (C=O) groups excluding carboxylic acids is 3. The second kappa shape index (κ2) is 14.9. The third-order valence-corrected chi connectivity index (χ3v) is 17.8. The van der Waals surface area contributed by atoms with Gasteiger partial charge in [-0.1, -0.05) is 32.1 Å². The Kier molecular flexibility index (Phi) is 10.2. The van der Waals surface area contributed by atoms with Gasteiger partial charge >= 0.3 is 17.9 Å². The largest absolute Gasteiger partial charge is 0.468 e. The van der Waals surface area contributed by atoms with E-state index in [2.05, 4.69) is 69.1 Å². The summed E-state index contributed by atoms with van der Waals surface area (Å²) in [6.45, 7) is 8.92. The van der Waals surface area contributed by atoms with Gasteiger partial charge in [-0.3, -0.25) is 19.4 Å². The van der Waals surface area contributed by atoms with Crippen molar-refractivity contribution in [1.82, 2.24) is 19.7 Å². The molecule has 0 amide bonds. The number of aromatic nitrogens is 1. The maximum Gasteiger partial charge on any atom is 0.347 e. The second-order valence-corrected chi connectivity index (χ2v) is 20.6. The number of carbonyl (C=O) groups is 3. The molecule has 3 N–H and O–H groups in total. The van der Waals surface area contributed by atoms with Gasteiger partial charge in [0.05, 0.1) is 37.9 Å². The van der Waals surface area contributed by atoms with Gasteiger partial charge in [0.2, 0.25) is 0 Å². The zero-order valence-corrected chi connectivity index (χ0v) is 38.3. The minimum absolute atomic E-state index is 0.0583. The van der Waals surface area contributed by atoms with E-state index in [-0.39, 0.29) is 24.5 Å². The molecule has 8 aliphatic rings. The van der Waals surface area contributed by atoms with Crippen molar-refractivity contribution in [2.45, 2.75) is 105 Å². The predicted octanol–water partition coefficient (Wildman–Crippen LogP) is 4.08. The minimum Gasteiger partial charge on any atom is -0.468 e. The van der Waals surface area contributed by atoms with Gasteiger partial charge in [-0.25, -0.2) is 4.79 Å². The van der Waals surface area contributed by atoms with Crippen LogP contribution in [0.4, 0.5) is 0 Å². The zero-order chi connectivity index (χ0) is 44.5. The molecule has 2 bridgehead atoms. The van der Waals surface area contributed by atoms with Crippen molar-refractivity contribution in [3.63, 3.8) is 0 Å². The van der Waals surface area contributed by atoms with Crippen LogP contribution in [0.2, 0.25) is 0 Å². The number of aliphatic hydroxyl groups excluding tert-OH is 1. The number of likely N-dealkylation sites (tertiary alicyclic amines) is 1. The van der Waals surface area contributed by atoms with Crippen LogP contribution in [-0.4, -0.2) is 156 Å². The van der Waals surface area contributed by atoms with Crippen molar-refractivity contribution in [2.24, 2.45) is 22.7 Å². The molecule has 340 valence electrons. The minimum atomic E-state index is -1.66. The van der Waals surface area contributed by atoms with Crippen LogP contribution >= 0.6 is 11.8 Å². The lowest BCUT2D eigenvalue weighted by atomic mass is 9.48. The first-order valence-electron chi connectivity index (χ1n) is 22.7. The van der Waals surface area contributed by atoms with E-state index in [0.29, 0.717) is 77.0 Å². The number of benzene rings is 1. The summed E-state index contributed by atoms with van der Waals surface area (Å²) in [5.74, 6) is -1.61. The molecule has 4 saturated heterocycles. The van der Waals surface area contributed by atoms with Crippen molar-refractivity contribution >= 4 is 40.6 Å². The first kappa shape index (κ1) is 43.2. The quantitative estimate of drug-likeness (QED) is 0.103. The second-order valence-electron chi connectivity index (χ2n) is 19.4. The molecule has 5 fully saturated rings. The Morgan fingerprint density at radius 1 is 1.05 bits per heavy atom. The van der Waals surface area contributed by atoms with Crippen molar-refractivity contribution in [3.05, 3.63) is 65.0 Å². The highest BCUT2D eigenvalue weighted by atomic mass is 32.2. The molecule has 2 aliphatic carbocycles. The number of nitrogens with zero attached hydrogens (tertiary/aromatic N) is 3. The van der Waals surface area contributed by atoms with E-state index >= 15 is 4.79 Å². The topological polar surface area (TPSA) is 167 Å². The van der Waals surface area contributed by atoms with Crippen LogP contribution in [-0.2, 0) is 49.9 Å². The van der Waals surface area contributed by atoms with E-state index in [4.69, 9.17) is 23.7 Å². The number of piperidine rings is 1. The molecule has 1 saturated carbocycles. The molecule has 7 heterocycles. The number of rotatable bonds is 10. The molecule has 3 unspecified atom stereocenters. The number of ether oxygens (including phenoxy) is 5. The number of hydrogen-bond donors (Lipinski definition) is 3. The maximum atomic E-state index is 15.6. The van der Waals surface area contributed by atoms with E-state index in [1.54, 1.807) is 18.9 Å². The van der Waals surface area contributed by atoms with Crippen LogP contribution in [0.15, 0.2) is 58.7 Å². The number of likely N-dealkylation sites (N-methyl/N-ethyl adjacent to an activating group) is 1. The molecule has 2 aromatic rings. The first-order chi connectivity index (χ1) is 30.2. The number of esters is 3. The molecule has 1 aromatic carbocycles. The van der Waals surface area contributed by atoms with Gasteiger partial charge in [-0.05, 0) is 86.4 Å². The van der Waals surface area contributed by atoms with Gasteiger partial charge in [0.25, 0.3) is 5.60 Å². The first-order valence-corrected chi connectivity index (χ1v) is 23.7. The third kappa shape index (κ3) is 5.44. The summed E-state index contributed by atoms with van der Waals surface area (Å²) in [7, 11) is 6.46. The number of nitrogens with one attached hydrogen (secondary N) is 1. The highest BCUT2D eigenvalue weighted by molar-refractivity contribution is 7.99.